The van der Waals surface area contributed by atoms with Crippen LogP contribution >= 0.6 is 11.6 Å². The molecule has 1 heterocycles. The van der Waals surface area contributed by atoms with Gasteiger partial charge in [-0.15, -0.1) is 0 Å². The number of rotatable bonds is 6. The van der Waals surface area contributed by atoms with Crippen molar-refractivity contribution in [3.63, 3.8) is 0 Å². The number of carbonyl (C=O) groups is 3. The van der Waals surface area contributed by atoms with Crippen LogP contribution in [0.3, 0.4) is 0 Å². The quantitative estimate of drug-likeness (QED) is 0.508. The molecule has 6 nitrogen and oxygen atoms in total. The van der Waals surface area contributed by atoms with Crippen LogP contribution in [0.25, 0.3) is 11.1 Å². The minimum atomic E-state index is -0.804. The number of nitrogens with zero attached hydrogens (tertiary/aromatic N) is 1. The van der Waals surface area contributed by atoms with Gasteiger partial charge in [0.2, 0.25) is 0 Å². The Labute approximate surface area is 196 Å². The van der Waals surface area contributed by atoms with Crippen LogP contribution in [-0.4, -0.2) is 28.9 Å². The number of carbonyl (C=O) groups excluding carboxylic acids is 3. The topological polar surface area (TPSA) is 75.7 Å². The first kappa shape index (κ1) is 21.2. The highest BCUT2D eigenvalue weighted by Gasteiger charge is 2.50. The van der Waals surface area contributed by atoms with Gasteiger partial charge in [-0.2, -0.15) is 0 Å². The molecular formula is C26H21ClN2O4. The van der Waals surface area contributed by atoms with Gasteiger partial charge in [0.25, 0.3) is 18.3 Å². The minimum absolute atomic E-state index is 0.111. The van der Waals surface area contributed by atoms with E-state index in [4.69, 9.17) is 16.3 Å². The molecule has 0 spiro atoms. The fraction of sp³-hybridized carbons (Fsp3) is 0.192. The molecule has 0 atom stereocenters. The lowest BCUT2D eigenvalue weighted by Crippen LogP contribution is -2.55. The molecule has 0 radical (unpaired) electrons. The number of benzene rings is 3. The molecule has 7 heteroatoms. The summed E-state index contributed by atoms with van der Waals surface area (Å²) in [6.07, 6.45) is 2.27. The average Bonchev–Trinajstić information content (AvgIpc) is 3.13. The zero-order chi connectivity index (χ0) is 23.0. The summed E-state index contributed by atoms with van der Waals surface area (Å²) in [4.78, 5) is 38.2. The predicted molar refractivity (Wildman–Crippen MR) is 125 cm³/mol. The van der Waals surface area contributed by atoms with Crippen molar-refractivity contribution in [1.82, 2.24) is 4.90 Å². The monoisotopic (exact) mass is 460 g/mol. The highest BCUT2D eigenvalue weighted by Crippen LogP contribution is 2.43. The van der Waals surface area contributed by atoms with Gasteiger partial charge in [0.05, 0.1) is 6.54 Å². The standard InChI is InChI=1S/C26H21ClN2O4/c27-21-8-4-18(5-9-21)24(31)28-22-10-6-17(7-11-22)19-2-3-20-15-29(25(32)23(20)14-19)26(33-16-30)12-1-13-26/h2-11,14,16H,1,12-13,15H2,(H,28,31). The molecule has 3 aromatic rings. The summed E-state index contributed by atoms with van der Waals surface area (Å²) in [5, 5.41) is 3.44. The largest absolute Gasteiger partial charge is 0.441 e. The molecule has 1 aliphatic heterocycles. The molecule has 0 unspecified atom stereocenters. The van der Waals surface area contributed by atoms with E-state index < -0.39 is 5.72 Å². The second kappa shape index (κ2) is 8.37. The van der Waals surface area contributed by atoms with Gasteiger partial charge in [-0.05, 0) is 65.6 Å². The fourth-order valence-electron chi connectivity index (χ4n) is 4.38. The van der Waals surface area contributed by atoms with Crippen LogP contribution in [0.15, 0.2) is 66.7 Å². The zero-order valence-corrected chi connectivity index (χ0v) is 18.5. The van der Waals surface area contributed by atoms with Crippen molar-refractivity contribution in [2.45, 2.75) is 31.5 Å². The van der Waals surface area contributed by atoms with Crippen molar-refractivity contribution in [1.29, 1.82) is 0 Å². The maximum atomic E-state index is 13.1. The van der Waals surface area contributed by atoms with Gasteiger partial charge in [-0.1, -0.05) is 35.9 Å². The molecule has 3 aromatic carbocycles. The van der Waals surface area contributed by atoms with Crippen molar-refractivity contribution in [2.24, 2.45) is 0 Å². The lowest BCUT2D eigenvalue weighted by atomic mass is 9.86. The summed E-state index contributed by atoms with van der Waals surface area (Å²) >= 11 is 5.88. The van der Waals surface area contributed by atoms with Crippen molar-refractivity contribution >= 4 is 35.6 Å². The number of halogens is 1. The molecule has 1 aliphatic carbocycles. The highest BCUT2D eigenvalue weighted by molar-refractivity contribution is 6.30. The maximum Gasteiger partial charge on any atom is 0.295 e. The number of nitrogens with one attached hydrogen (secondary N) is 1. The number of amides is 2. The van der Waals surface area contributed by atoms with Crippen molar-refractivity contribution in [2.75, 3.05) is 5.32 Å². The van der Waals surface area contributed by atoms with Gasteiger partial charge in [0, 0.05) is 34.7 Å². The second-order valence-corrected chi connectivity index (χ2v) is 8.75. The van der Waals surface area contributed by atoms with E-state index in [0.29, 0.717) is 47.7 Å². The zero-order valence-electron chi connectivity index (χ0n) is 17.7. The van der Waals surface area contributed by atoms with Gasteiger partial charge in [-0.3, -0.25) is 19.3 Å². The number of ether oxygens (including phenoxy) is 1. The Bertz CT molecular complexity index is 1230. The third kappa shape index (κ3) is 3.87. The number of hydrogen-bond acceptors (Lipinski definition) is 4. The number of fused-ring (bicyclic) bond motifs is 1. The first-order chi connectivity index (χ1) is 16.0. The van der Waals surface area contributed by atoms with Gasteiger partial charge >= 0.3 is 0 Å². The Kier molecular flexibility index (Phi) is 5.38. The second-order valence-electron chi connectivity index (χ2n) is 8.32. The van der Waals surface area contributed by atoms with E-state index in [1.807, 2.05) is 42.5 Å². The van der Waals surface area contributed by atoms with E-state index in [0.717, 1.165) is 23.1 Å². The molecular weight excluding hydrogens is 440 g/mol. The highest BCUT2D eigenvalue weighted by atomic mass is 35.5. The Morgan fingerprint density at radius 3 is 2.33 bits per heavy atom. The lowest BCUT2D eigenvalue weighted by Gasteiger charge is -2.46. The molecule has 1 fully saturated rings. The maximum absolute atomic E-state index is 13.1. The Balaban J connectivity index is 1.32. The van der Waals surface area contributed by atoms with Crippen LogP contribution in [-0.2, 0) is 16.1 Å². The van der Waals surface area contributed by atoms with Crippen molar-refractivity contribution in [3.05, 3.63) is 88.4 Å². The van der Waals surface area contributed by atoms with E-state index in [9.17, 15) is 14.4 Å². The van der Waals surface area contributed by atoms with Crippen LogP contribution < -0.4 is 5.32 Å². The number of hydrogen-bond donors (Lipinski definition) is 1. The van der Waals surface area contributed by atoms with Crippen molar-refractivity contribution in [3.8, 4) is 11.1 Å². The van der Waals surface area contributed by atoms with Crippen LogP contribution in [0.1, 0.15) is 45.5 Å². The predicted octanol–water partition coefficient (Wildman–Crippen LogP) is 5.27. The van der Waals surface area contributed by atoms with E-state index in [-0.39, 0.29) is 11.8 Å². The molecule has 2 aliphatic rings. The molecule has 0 saturated heterocycles. The molecule has 166 valence electrons. The van der Waals surface area contributed by atoms with Crippen LogP contribution in [0.2, 0.25) is 5.02 Å². The summed E-state index contributed by atoms with van der Waals surface area (Å²) in [5.74, 6) is -0.328. The third-order valence-corrected chi connectivity index (χ3v) is 6.64. The van der Waals surface area contributed by atoms with Gasteiger partial charge < -0.3 is 10.1 Å². The average molecular weight is 461 g/mol. The fourth-order valence-corrected chi connectivity index (χ4v) is 4.51. The third-order valence-electron chi connectivity index (χ3n) is 6.39. The van der Waals surface area contributed by atoms with E-state index >= 15 is 0 Å². The molecule has 0 aromatic heterocycles. The van der Waals surface area contributed by atoms with E-state index in [1.165, 1.54) is 0 Å². The smallest absolute Gasteiger partial charge is 0.295 e. The van der Waals surface area contributed by atoms with Crippen LogP contribution in [0, 0.1) is 0 Å². The number of anilines is 1. The first-order valence-corrected chi connectivity index (χ1v) is 11.1. The van der Waals surface area contributed by atoms with E-state index in [2.05, 4.69) is 5.32 Å². The summed E-state index contributed by atoms with van der Waals surface area (Å²) in [6.45, 7) is 0.881. The Hall–Kier alpha value is -3.64. The molecule has 2 amide bonds. The lowest BCUT2D eigenvalue weighted by molar-refractivity contribution is -0.185. The van der Waals surface area contributed by atoms with E-state index in [1.54, 1.807) is 29.2 Å². The minimum Gasteiger partial charge on any atom is -0.441 e. The Morgan fingerprint density at radius 1 is 1.00 bits per heavy atom. The molecule has 1 saturated carbocycles. The Morgan fingerprint density at radius 2 is 1.70 bits per heavy atom. The van der Waals surface area contributed by atoms with Crippen LogP contribution in [0.4, 0.5) is 5.69 Å². The summed E-state index contributed by atoms with van der Waals surface area (Å²) in [7, 11) is 0. The van der Waals surface area contributed by atoms with Crippen LogP contribution in [0.5, 0.6) is 0 Å². The van der Waals surface area contributed by atoms with Gasteiger partial charge in [0.15, 0.2) is 5.72 Å². The molecule has 33 heavy (non-hydrogen) atoms. The molecule has 0 bridgehead atoms. The molecule has 1 N–H and O–H groups in total. The SMILES string of the molecule is O=COC1(N2Cc3ccc(-c4ccc(NC(=O)c5ccc(Cl)cc5)cc4)cc3C2=O)CCC1. The summed E-state index contributed by atoms with van der Waals surface area (Å²) in [6, 6.07) is 20.0. The summed E-state index contributed by atoms with van der Waals surface area (Å²) < 4.78 is 5.33. The van der Waals surface area contributed by atoms with Crippen molar-refractivity contribution < 1.29 is 19.1 Å². The summed E-state index contributed by atoms with van der Waals surface area (Å²) in [5.41, 5.74) is 3.77. The normalized spacial score (nSPS) is 16.0. The molecule has 5 rings (SSSR count). The first-order valence-electron chi connectivity index (χ1n) is 10.7. The van der Waals surface area contributed by atoms with Gasteiger partial charge in [0.1, 0.15) is 0 Å². The van der Waals surface area contributed by atoms with Gasteiger partial charge in [-0.25, -0.2) is 0 Å².